The second-order valence-corrected chi connectivity index (χ2v) is 7.96. The summed E-state index contributed by atoms with van der Waals surface area (Å²) >= 11 is 0. The van der Waals surface area contributed by atoms with Gasteiger partial charge in [0.1, 0.15) is 11.6 Å². The molecule has 1 aromatic heterocycles. The van der Waals surface area contributed by atoms with Gasteiger partial charge < -0.3 is 4.90 Å². The molecule has 2 nitrogen and oxygen atoms in total. The normalized spacial score (nSPS) is 15.4. The molecule has 0 spiro atoms. The van der Waals surface area contributed by atoms with Gasteiger partial charge in [0.25, 0.3) is 0 Å². The molecular formula is C24H26F2N2. The highest BCUT2D eigenvalue weighted by Gasteiger charge is 2.21. The number of fused-ring (bicyclic) bond motifs is 1. The lowest BCUT2D eigenvalue weighted by Crippen LogP contribution is -2.33. The molecule has 28 heavy (non-hydrogen) atoms. The molecule has 0 radical (unpaired) electrons. The maximum absolute atomic E-state index is 13.7. The fourth-order valence-corrected chi connectivity index (χ4v) is 4.15. The minimum absolute atomic E-state index is 0.467. The first-order chi connectivity index (χ1) is 13.5. The summed E-state index contributed by atoms with van der Waals surface area (Å²) in [6.45, 7) is 6.44. The van der Waals surface area contributed by atoms with Gasteiger partial charge in [-0.1, -0.05) is 26.0 Å². The molecule has 0 aliphatic carbocycles. The van der Waals surface area contributed by atoms with Gasteiger partial charge in [-0.15, -0.1) is 0 Å². The minimum atomic E-state index is -0.537. The molecule has 2 aromatic carbocycles. The summed E-state index contributed by atoms with van der Waals surface area (Å²) in [5, 5.41) is 1.13. The van der Waals surface area contributed by atoms with Crippen LogP contribution >= 0.6 is 0 Å². The van der Waals surface area contributed by atoms with E-state index >= 15 is 0 Å². The van der Waals surface area contributed by atoms with Crippen LogP contribution in [-0.4, -0.2) is 18.1 Å². The second kappa shape index (κ2) is 7.86. The number of aromatic nitrogens is 1. The van der Waals surface area contributed by atoms with Gasteiger partial charge in [-0.3, -0.25) is 4.98 Å². The summed E-state index contributed by atoms with van der Waals surface area (Å²) in [4.78, 5) is 7.12. The maximum atomic E-state index is 13.7. The maximum Gasteiger partial charge on any atom is 0.126 e. The smallest absolute Gasteiger partial charge is 0.126 e. The molecule has 1 aliphatic rings. The van der Waals surface area contributed by atoms with Gasteiger partial charge in [-0.2, -0.15) is 0 Å². The first kappa shape index (κ1) is 18.9. The van der Waals surface area contributed by atoms with Crippen molar-refractivity contribution in [3.05, 3.63) is 70.9 Å². The monoisotopic (exact) mass is 380 g/mol. The molecular weight excluding hydrogens is 354 g/mol. The Morgan fingerprint density at radius 2 is 1.71 bits per heavy atom. The van der Waals surface area contributed by atoms with E-state index in [4.69, 9.17) is 0 Å². The number of benzene rings is 2. The van der Waals surface area contributed by atoms with E-state index in [0.717, 1.165) is 60.8 Å². The van der Waals surface area contributed by atoms with E-state index in [1.807, 2.05) is 6.20 Å². The number of anilines is 1. The molecule has 1 saturated heterocycles. The van der Waals surface area contributed by atoms with E-state index in [2.05, 4.69) is 41.9 Å². The zero-order valence-electron chi connectivity index (χ0n) is 16.5. The van der Waals surface area contributed by atoms with Crippen molar-refractivity contribution in [3.63, 3.8) is 0 Å². The predicted molar refractivity (Wildman–Crippen MR) is 111 cm³/mol. The van der Waals surface area contributed by atoms with Crippen LogP contribution in [0.4, 0.5) is 14.5 Å². The number of piperidine rings is 1. The first-order valence-corrected chi connectivity index (χ1v) is 10.1. The highest BCUT2D eigenvalue weighted by Crippen LogP contribution is 2.34. The van der Waals surface area contributed by atoms with Gasteiger partial charge in [0.05, 0.1) is 11.2 Å². The molecule has 3 aromatic rings. The Bertz CT molecular complexity index is 971. The van der Waals surface area contributed by atoms with Gasteiger partial charge in [0, 0.05) is 37.2 Å². The predicted octanol–water partition coefficient (Wildman–Crippen LogP) is 5.90. The van der Waals surface area contributed by atoms with E-state index in [9.17, 15) is 8.78 Å². The van der Waals surface area contributed by atoms with Crippen molar-refractivity contribution < 1.29 is 8.78 Å². The van der Waals surface area contributed by atoms with Crippen molar-refractivity contribution in [1.82, 2.24) is 4.98 Å². The Labute approximate surface area is 165 Å². The lowest BCUT2D eigenvalue weighted by Gasteiger charge is -2.34. The Morgan fingerprint density at radius 1 is 1.00 bits per heavy atom. The topological polar surface area (TPSA) is 16.1 Å². The SMILES string of the molecule is CCc1ccc2c(N3CCC(C)CC3)c(Cc3cc(F)cc(F)c3)cnc2c1. The standard InChI is InChI=1S/C24H26F2N2/c1-3-17-4-5-22-23(13-17)27-15-19(10-18-11-20(25)14-21(26)12-18)24(22)28-8-6-16(2)7-9-28/h4-5,11-16H,3,6-10H2,1-2H3. The molecule has 0 amide bonds. The molecule has 0 atom stereocenters. The van der Waals surface area contributed by atoms with Crippen molar-refractivity contribution in [2.45, 2.75) is 39.5 Å². The number of aryl methyl sites for hydroxylation is 1. The average molecular weight is 380 g/mol. The molecule has 0 saturated carbocycles. The van der Waals surface area contributed by atoms with Crippen LogP contribution in [0.25, 0.3) is 10.9 Å². The van der Waals surface area contributed by atoms with E-state index < -0.39 is 11.6 Å². The largest absolute Gasteiger partial charge is 0.371 e. The minimum Gasteiger partial charge on any atom is -0.371 e. The summed E-state index contributed by atoms with van der Waals surface area (Å²) < 4.78 is 27.4. The Kier molecular flexibility index (Phi) is 5.29. The van der Waals surface area contributed by atoms with Crippen LogP contribution in [0.15, 0.2) is 42.6 Å². The first-order valence-electron chi connectivity index (χ1n) is 10.1. The summed E-state index contributed by atoms with van der Waals surface area (Å²) in [6.07, 6.45) is 5.64. The zero-order chi connectivity index (χ0) is 19.7. The number of pyridine rings is 1. The van der Waals surface area contributed by atoms with E-state index in [-0.39, 0.29) is 0 Å². The molecule has 4 rings (SSSR count). The van der Waals surface area contributed by atoms with Gasteiger partial charge in [-0.05, 0) is 60.1 Å². The number of hydrogen-bond acceptors (Lipinski definition) is 2. The molecule has 2 heterocycles. The van der Waals surface area contributed by atoms with Crippen molar-refractivity contribution in [1.29, 1.82) is 0 Å². The zero-order valence-corrected chi connectivity index (χ0v) is 16.5. The Balaban J connectivity index is 1.81. The molecule has 1 aliphatic heterocycles. The number of nitrogens with zero attached hydrogens (tertiary/aromatic N) is 2. The summed E-state index contributed by atoms with van der Waals surface area (Å²) in [5.74, 6) is -0.342. The highest BCUT2D eigenvalue weighted by molar-refractivity contribution is 5.94. The van der Waals surface area contributed by atoms with Crippen LogP contribution in [0.1, 0.15) is 43.4 Å². The van der Waals surface area contributed by atoms with Crippen molar-refractivity contribution in [2.24, 2.45) is 5.92 Å². The fraction of sp³-hybridized carbons (Fsp3) is 0.375. The second-order valence-electron chi connectivity index (χ2n) is 7.96. The van der Waals surface area contributed by atoms with E-state index in [0.29, 0.717) is 12.0 Å². The lowest BCUT2D eigenvalue weighted by molar-refractivity contribution is 0.438. The van der Waals surface area contributed by atoms with Gasteiger partial charge in [0.2, 0.25) is 0 Å². The summed E-state index contributed by atoms with van der Waals surface area (Å²) in [7, 11) is 0. The lowest BCUT2D eigenvalue weighted by atomic mass is 9.95. The molecule has 0 unspecified atom stereocenters. The van der Waals surface area contributed by atoms with Crippen LogP contribution in [-0.2, 0) is 12.8 Å². The molecule has 4 heteroatoms. The van der Waals surface area contributed by atoms with Gasteiger partial charge >= 0.3 is 0 Å². The van der Waals surface area contributed by atoms with Crippen molar-refractivity contribution in [3.8, 4) is 0 Å². The molecule has 0 bridgehead atoms. The van der Waals surface area contributed by atoms with Crippen LogP contribution in [0.2, 0.25) is 0 Å². The number of halogens is 2. The summed E-state index contributed by atoms with van der Waals surface area (Å²) in [6, 6.07) is 10.2. The Hall–Kier alpha value is -2.49. The quantitative estimate of drug-likeness (QED) is 0.560. The van der Waals surface area contributed by atoms with Crippen LogP contribution < -0.4 is 4.90 Å². The van der Waals surface area contributed by atoms with Crippen LogP contribution in [0.5, 0.6) is 0 Å². The van der Waals surface area contributed by atoms with E-state index in [1.54, 1.807) is 0 Å². The van der Waals surface area contributed by atoms with Gasteiger partial charge in [-0.25, -0.2) is 8.78 Å². The molecule has 0 N–H and O–H groups in total. The third-order valence-electron chi connectivity index (χ3n) is 5.81. The highest BCUT2D eigenvalue weighted by atomic mass is 19.1. The van der Waals surface area contributed by atoms with E-state index in [1.165, 1.54) is 23.4 Å². The van der Waals surface area contributed by atoms with Crippen LogP contribution in [0, 0.1) is 17.6 Å². The van der Waals surface area contributed by atoms with Crippen molar-refractivity contribution >= 4 is 16.6 Å². The van der Waals surface area contributed by atoms with Crippen LogP contribution in [0.3, 0.4) is 0 Å². The Morgan fingerprint density at radius 3 is 2.39 bits per heavy atom. The van der Waals surface area contributed by atoms with Gasteiger partial charge in [0.15, 0.2) is 0 Å². The third kappa shape index (κ3) is 3.87. The molecule has 1 fully saturated rings. The number of rotatable bonds is 4. The average Bonchev–Trinajstić information content (AvgIpc) is 2.67. The summed E-state index contributed by atoms with van der Waals surface area (Å²) in [5.41, 5.74) is 5.08. The fourth-order valence-electron chi connectivity index (χ4n) is 4.15. The third-order valence-corrected chi connectivity index (χ3v) is 5.81. The van der Waals surface area contributed by atoms with Crippen molar-refractivity contribution in [2.75, 3.05) is 18.0 Å². The number of hydrogen-bond donors (Lipinski definition) is 0. The molecule has 146 valence electrons.